The van der Waals surface area contributed by atoms with Crippen LogP contribution in [0, 0.1) is 17.8 Å². The van der Waals surface area contributed by atoms with Crippen LogP contribution in [0.15, 0.2) is 0 Å². The molecule has 2 atom stereocenters. The second kappa shape index (κ2) is 3.29. The van der Waals surface area contributed by atoms with E-state index >= 15 is 0 Å². The van der Waals surface area contributed by atoms with Crippen LogP contribution in [0.1, 0.15) is 32.1 Å². The molecule has 0 heterocycles. The summed E-state index contributed by atoms with van der Waals surface area (Å²) in [6.45, 7) is 0. The Balaban J connectivity index is 2.02. The summed E-state index contributed by atoms with van der Waals surface area (Å²) in [5.41, 5.74) is 0. The van der Waals surface area contributed by atoms with Gasteiger partial charge in [0.1, 0.15) is 0 Å². The number of hydrogen-bond donors (Lipinski definition) is 2. The van der Waals surface area contributed by atoms with E-state index in [9.17, 15) is 9.90 Å². The van der Waals surface area contributed by atoms with Crippen molar-refractivity contribution in [3.8, 4) is 0 Å². The van der Waals surface area contributed by atoms with Crippen LogP contribution in [0.3, 0.4) is 0 Å². The molecule has 3 heteroatoms. The van der Waals surface area contributed by atoms with Crippen LogP contribution in [0.4, 0.5) is 0 Å². The van der Waals surface area contributed by atoms with Gasteiger partial charge in [0.05, 0.1) is 6.10 Å². The molecule has 2 aliphatic carbocycles. The molecule has 2 aliphatic rings. The zero-order valence-corrected chi connectivity index (χ0v) is 7.65. The Morgan fingerprint density at radius 3 is 2.23 bits per heavy atom. The van der Waals surface area contributed by atoms with Gasteiger partial charge in [-0.15, -0.1) is 0 Å². The van der Waals surface area contributed by atoms with E-state index in [1.165, 1.54) is 0 Å². The zero-order chi connectivity index (χ0) is 9.42. The van der Waals surface area contributed by atoms with Crippen LogP contribution in [-0.2, 0) is 4.79 Å². The number of aliphatic hydroxyl groups is 1. The smallest absolute Gasteiger partial charge is 0.303 e. The van der Waals surface area contributed by atoms with Crippen molar-refractivity contribution >= 4 is 5.97 Å². The molecule has 0 spiro atoms. The Kier molecular flexibility index (Phi) is 2.28. The molecular weight excluding hydrogens is 168 g/mol. The van der Waals surface area contributed by atoms with Gasteiger partial charge in [0, 0.05) is 6.42 Å². The van der Waals surface area contributed by atoms with E-state index in [0.717, 1.165) is 25.7 Å². The maximum Gasteiger partial charge on any atom is 0.303 e. The lowest BCUT2D eigenvalue weighted by atomic mass is 9.75. The second-order valence-corrected chi connectivity index (χ2v) is 4.48. The van der Waals surface area contributed by atoms with E-state index in [0.29, 0.717) is 24.2 Å². The fourth-order valence-electron chi connectivity index (χ4n) is 3.16. The Morgan fingerprint density at radius 1 is 1.23 bits per heavy atom. The number of carboxylic acids is 1. The lowest BCUT2D eigenvalue weighted by Crippen LogP contribution is -2.30. The number of hydrogen-bond acceptors (Lipinski definition) is 2. The van der Waals surface area contributed by atoms with Crippen LogP contribution in [0.5, 0.6) is 0 Å². The minimum Gasteiger partial charge on any atom is -0.481 e. The molecule has 2 unspecified atom stereocenters. The first kappa shape index (κ1) is 9.00. The van der Waals surface area contributed by atoms with Crippen molar-refractivity contribution in [3.05, 3.63) is 0 Å². The van der Waals surface area contributed by atoms with Crippen molar-refractivity contribution in [1.29, 1.82) is 0 Å². The van der Waals surface area contributed by atoms with Gasteiger partial charge < -0.3 is 10.2 Å². The van der Waals surface area contributed by atoms with E-state index in [1.807, 2.05) is 0 Å². The lowest BCUT2D eigenvalue weighted by molar-refractivity contribution is -0.139. The first-order valence-electron chi connectivity index (χ1n) is 5.06. The molecule has 0 aromatic heterocycles. The first-order chi connectivity index (χ1) is 6.16. The van der Waals surface area contributed by atoms with Gasteiger partial charge in [0.25, 0.3) is 0 Å². The van der Waals surface area contributed by atoms with Gasteiger partial charge in [-0.25, -0.2) is 0 Å². The second-order valence-electron chi connectivity index (χ2n) is 4.48. The summed E-state index contributed by atoms with van der Waals surface area (Å²) in [6.07, 6.45) is 4.05. The number of rotatable bonds is 2. The molecule has 0 aromatic rings. The van der Waals surface area contributed by atoms with Gasteiger partial charge in [0.2, 0.25) is 0 Å². The SMILES string of the molecule is O=C(O)C[C@H]1C2CCC1C[C@@H](O)C2. The average Bonchev–Trinajstić information content (AvgIpc) is 2.32. The van der Waals surface area contributed by atoms with Crippen LogP contribution in [0.2, 0.25) is 0 Å². The fraction of sp³-hybridized carbons (Fsp3) is 0.900. The van der Waals surface area contributed by atoms with Gasteiger partial charge in [0.15, 0.2) is 0 Å². The molecule has 0 aromatic carbocycles. The molecule has 2 rings (SSSR count). The normalized spacial score (nSPS) is 43.5. The van der Waals surface area contributed by atoms with Crippen molar-refractivity contribution in [2.45, 2.75) is 38.2 Å². The van der Waals surface area contributed by atoms with Crippen molar-refractivity contribution in [1.82, 2.24) is 0 Å². The van der Waals surface area contributed by atoms with Gasteiger partial charge in [-0.1, -0.05) is 0 Å². The first-order valence-corrected chi connectivity index (χ1v) is 5.06. The fourth-order valence-corrected chi connectivity index (χ4v) is 3.16. The monoisotopic (exact) mass is 184 g/mol. The number of aliphatic carboxylic acids is 1. The molecule has 3 nitrogen and oxygen atoms in total. The van der Waals surface area contributed by atoms with Crippen LogP contribution >= 0.6 is 0 Å². The summed E-state index contributed by atoms with van der Waals surface area (Å²) in [4.78, 5) is 10.6. The largest absolute Gasteiger partial charge is 0.481 e. The Labute approximate surface area is 77.8 Å². The highest BCUT2D eigenvalue weighted by Crippen LogP contribution is 2.48. The minimum absolute atomic E-state index is 0.164. The Bertz CT molecular complexity index is 200. The Hall–Kier alpha value is -0.570. The molecule has 2 saturated carbocycles. The van der Waals surface area contributed by atoms with Crippen LogP contribution in [-0.4, -0.2) is 22.3 Å². The van der Waals surface area contributed by atoms with E-state index in [4.69, 9.17) is 5.11 Å². The molecule has 0 aliphatic heterocycles. The molecule has 0 amide bonds. The highest BCUT2D eigenvalue weighted by Gasteiger charge is 2.42. The predicted molar refractivity (Wildman–Crippen MR) is 47.2 cm³/mol. The van der Waals surface area contributed by atoms with Crippen LogP contribution < -0.4 is 0 Å². The third kappa shape index (κ3) is 1.70. The maximum atomic E-state index is 10.6. The summed E-state index contributed by atoms with van der Waals surface area (Å²) in [5.74, 6) is 0.619. The predicted octanol–water partition coefficient (Wildman–Crippen LogP) is 1.26. The number of fused-ring (bicyclic) bond motifs is 2. The van der Waals surface area contributed by atoms with E-state index < -0.39 is 5.97 Å². The summed E-state index contributed by atoms with van der Waals surface area (Å²) < 4.78 is 0. The summed E-state index contributed by atoms with van der Waals surface area (Å²) >= 11 is 0. The van der Waals surface area contributed by atoms with Gasteiger partial charge in [-0.05, 0) is 43.4 Å². The van der Waals surface area contributed by atoms with Gasteiger partial charge in [-0.2, -0.15) is 0 Å². The third-order valence-electron chi connectivity index (χ3n) is 3.68. The average molecular weight is 184 g/mol. The molecular formula is C10H16O3. The third-order valence-corrected chi connectivity index (χ3v) is 3.68. The number of carboxylic acid groups (broad SMARTS) is 1. The highest BCUT2D eigenvalue weighted by atomic mass is 16.4. The van der Waals surface area contributed by atoms with Crippen LogP contribution in [0.25, 0.3) is 0 Å². The van der Waals surface area contributed by atoms with Gasteiger partial charge >= 0.3 is 5.97 Å². The van der Waals surface area contributed by atoms with Gasteiger partial charge in [-0.3, -0.25) is 4.79 Å². The van der Waals surface area contributed by atoms with E-state index in [-0.39, 0.29) is 6.10 Å². The maximum absolute atomic E-state index is 10.6. The van der Waals surface area contributed by atoms with Crippen molar-refractivity contribution < 1.29 is 15.0 Å². The standard InChI is InChI=1S/C10H16O3/c11-8-3-6-1-2-7(4-8)9(6)5-10(12)13/h6-9,11H,1-5H2,(H,12,13)/t6?,7?,8-,9-. The van der Waals surface area contributed by atoms with Crippen molar-refractivity contribution in [2.75, 3.05) is 0 Å². The van der Waals surface area contributed by atoms with E-state index in [1.54, 1.807) is 0 Å². The van der Waals surface area contributed by atoms with Crippen molar-refractivity contribution in [3.63, 3.8) is 0 Å². The highest BCUT2D eigenvalue weighted by molar-refractivity contribution is 5.67. The molecule has 0 radical (unpaired) electrons. The Morgan fingerprint density at radius 2 is 1.77 bits per heavy atom. The topological polar surface area (TPSA) is 57.5 Å². The van der Waals surface area contributed by atoms with Crippen molar-refractivity contribution in [2.24, 2.45) is 17.8 Å². The number of carbonyl (C=O) groups is 1. The zero-order valence-electron chi connectivity index (χ0n) is 7.65. The molecule has 2 bridgehead atoms. The molecule has 74 valence electrons. The molecule has 0 saturated heterocycles. The summed E-state index contributed by atoms with van der Waals surface area (Å²) in [6, 6.07) is 0. The summed E-state index contributed by atoms with van der Waals surface area (Å²) in [7, 11) is 0. The molecule has 13 heavy (non-hydrogen) atoms. The molecule has 2 fully saturated rings. The van der Waals surface area contributed by atoms with E-state index in [2.05, 4.69) is 0 Å². The lowest BCUT2D eigenvalue weighted by Gasteiger charge is -2.31. The minimum atomic E-state index is -0.682. The number of aliphatic hydroxyl groups excluding tert-OH is 1. The quantitative estimate of drug-likeness (QED) is 0.679. The molecule has 2 N–H and O–H groups in total. The summed E-state index contributed by atoms with van der Waals surface area (Å²) in [5, 5.41) is 18.2.